The minimum atomic E-state index is 0.0403. The van der Waals surface area contributed by atoms with Crippen LogP contribution in [0.1, 0.15) is 38.5 Å². The molecule has 2 fully saturated rings. The zero-order chi connectivity index (χ0) is 16.6. The molecule has 0 spiro atoms. The van der Waals surface area contributed by atoms with Crippen molar-refractivity contribution >= 4 is 17.3 Å². The van der Waals surface area contributed by atoms with Gasteiger partial charge >= 0.3 is 0 Å². The largest absolute Gasteiger partial charge is 0.369 e. The Hall–Kier alpha value is -1.88. The minimum Gasteiger partial charge on any atom is -0.369 e. The number of hydrogen-bond donors (Lipinski definition) is 1. The molecule has 0 bridgehead atoms. The molecule has 0 unspecified atom stereocenters. The first-order valence-electron chi connectivity index (χ1n) is 9.18. The molecule has 24 heavy (non-hydrogen) atoms. The smallest absolute Gasteiger partial charge is 0.241 e. The van der Waals surface area contributed by atoms with Gasteiger partial charge in [0.2, 0.25) is 5.91 Å². The van der Waals surface area contributed by atoms with E-state index in [9.17, 15) is 4.79 Å². The number of hydrazone groups is 1. The fraction of sp³-hybridized carbons (Fsp3) is 0.579. The Labute approximate surface area is 144 Å². The van der Waals surface area contributed by atoms with Crippen LogP contribution in [-0.2, 0) is 4.79 Å². The summed E-state index contributed by atoms with van der Waals surface area (Å²) in [5, 5.41) is 4.29. The molecule has 0 aromatic heterocycles. The molecule has 1 amide bonds. The molecule has 1 heterocycles. The van der Waals surface area contributed by atoms with Crippen molar-refractivity contribution in [2.24, 2.45) is 5.10 Å². The number of amides is 1. The number of hydrogen-bond acceptors (Lipinski definition) is 4. The van der Waals surface area contributed by atoms with Gasteiger partial charge in [-0.1, -0.05) is 24.6 Å². The normalized spacial score (nSPS) is 19.2. The monoisotopic (exact) mass is 328 g/mol. The summed E-state index contributed by atoms with van der Waals surface area (Å²) in [5.41, 5.74) is 5.19. The van der Waals surface area contributed by atoms with Gasteiger partial charge in [-0.05, 0) is 37.8 Å². The number of nitrogens with zero attached hydrogens (tertiary/aromatic N) is 3. The van der Waals surface area contributed by atoms with Crippen molar-refractivity contribution in [2.45, 2.75) is 38.5 Å². The Morgan fingerprint density at radius 1 is 1.00 bits per heavy atom. The number of rotatable bonds is 5. The standard InChI is InChI=1S/C19H28N4O/c24-19(21-20-17-7-3-1-4-8-17)11-12-22-13-15-23(16-14-22)18-9-5-2-6-10-18/h2,5-6,9-10H,1,3-4,7-8,11-16H2,(H,21,24). The van der Waals surface area contributed by atoms with Crippen LogP contribution in [0.5, 0.6) is 0 Å². The second kappa shape index (κ2) is 8.83. The number of carbonyl (C=O) groups is 1. The number of piperazine rings is 1. The molecule has 130 valence electrons. The maximum Gasteiger partial charge on any atom is 0.241 e. The lowest BCUT2D eigenvalue weighted by Crippen LogP contribution is -2.47. The fourth-order valence-corrected chi connectivity index (χ4v) is 3.40. The van der Waals surface area contributed by atoms with E-state index in [0.29, 0.717) is 6.42 Å². The summed E-state index contributed by atoms with van der Waals surface area (Å²) in [6.07, 6.45) is 6.33. The van der Waals surface area contributed by atoms with Crippen LogP contribution < -0.4 is 10.3 Å². The topological polar surface area (TPSA) is 47.9 Å². The Balaban J connectivity index is 1.35. The van der Waals surface area contributed by atoms with E-state index in [4.69, 9.17) is 0 Å². The van der Waals surface area contributed by atoms with Gasteiger partial charge in [0.25, 0.3) is 0 Å². The molecule has 1 saturated heterocycles. The van der Waals surface area contributed by atoms with E-state index in [2.05, 4.69) is 50.7 Å². The zero-order valence-corrected chi connectivity index (χ0v) is 14.4. The van der Waals surface area contributed by atoms with Crippen molar-refractivity contribution in [1.82, 2.24) is 10.3 Å². The number of nitrogens with one attached hydrogen (secondary N) is 1. The van der Waals surface area contributed by atoms with E-state index < -0.39 is 0 Å². The predicted molar refractivity (Wildman–Crippen MR) is 98.4 cm³/mol. The summed E-state index contributed by atoms with van der Waals surface area (Å²) in [4.78, 5) is 16.7. The second-order valence-electron chi connectivity index (χ2n) is 6.69. The van der Waals surface area contributed by atoms with E-state index >= 15 is 0 Å². The summed E-state index contributed by atoms with van der Waals surface area (Å²) in [6.45, 7) is 4.88. The molecule has 2 aliphatic rings. The maximum atomic E-state index is 12.0. The lowest BCUT2D eigenvalue weighted by atomic mass is 9.99. The van der Waals surface area contributed by atoms with Crippen molar-refractivity contribution in [1.29, 1.82) is 0 Å². The Morgan fingerprint density at radius 3 is 2.42 bits per heavy atom. The molecule has 1 aromatic carbocycles. The SMILES string of the molecule is O=C(CCN1CCN(c2ccccc2)CC1)NN=C1CCCCC1. The molecular formula is C19H28N4O. The Morgan fingerprint density at radius 2 is 1.71 bits per heavy atom. The Bertz CT molecular complexity index is 542. The van der Waals surface area contributed by atoms with E-state index in [0.717, 1.165) is 51.3 Å². The van der Waals surface area contributed by atoms with Crippen LogP contribution in [0.4, 0.5) is 5.69 Å². The average molecular weight is 328 g/mol. The van der Waals surface area contributed by atoms with Gasteiger partial charge in [-0.2, -0.15) is 5.10 Å². The van der Waals surface area contributed by atoms with Gasteiger partial charge in [0.1, 0.15) is 0 Å². The quantitative estimate of drug-likeness (QED) is 0.845. The lowest BCUT2D eigenvalue weighted by Gasteiger charge is -2.36. The van der Waals surface area contributed by atoms with Crippen LogP contribution in [0.3, 0.4) is 0 Å². The summed E-state index contributed by atoms with van der Waals surface area (Å²) < 4.78 is 0. The molecular weight excluding hydrogens is 300 g/mol. The van der Waals surface area contributed by atoms with Crippen molar-refractivity contribution < 1.29 is 4.79 Å². The van der Waals surface area contributed by atoms with Gasteiger partial charge in [-0.25, -0.2) is 5.43 Å². The highest BCUT2D eigenvalue weighted by Gasteiger charge is 2.17. The van der Waals surface area contributed by atoms with Crippen LogP contribution in [0.2, 0.25) is 0 Å². The van der Waals surface area contributed by atoms with Gasteiger partial charge < -0.3 is 4.90 Å². The van der Waals surface area contributed by atoms with Gasteiger partial charge in [0.05, 0.1) is 0 Å². The minimum absolute atomic E-state index is 0.0403. The van der Waals surface area contributed by atoms with Gasteiger partial charge in [0.15, 0.2) is 0 Å². The first-order valence-corrected chi connectivity index (χ1v) is 9.18. The van der Waals surface area contributed by atoms with E-state index in [-0.39, 0.29) is 5.91 Å². The molecule has 0 radical (unpaired) electrons. The molecule has 5 nitrogen and oxygen atoms in total. The molecule has 5 heteroatoms. The molecule has 0 atom stereocenters. The maximum absolute atomic E-state index is 12.0. The molecule has 1 aromatic rings. The lowest BCUT2D eigenvalue weighted by molar-refractivity contribution is -0.121. The number of benzene rings is 1. The van der Waals surface area contributed by atoms with Crippen LogP contribution >= 0.6 is 0 Å². The highest BCUT2D eigenvalue weighted by atomic mass is 16.2. The molecule has 3 rings (SSSR count). The van der Waals surface area contributed by atoms with Crippen LogP contribution in [0.15, 0.2) is 35.4 Å². The summed E-state index contributed by atoms with van der Waals surface area (Å²) in [7, 11) is 0. The van der Waals surface area contributed by atoms with Crippen LogP contribution in [0.25, 0.3) is 0 Å². The van der Waals surface area contributed by atoms with E-state index in [1.54, 1.807) is 0 Å². The van der Waals surface area contributed by atoms with Gasteiger partial charge in [-0.15, -0.1) is 0 Å². The first-order chi connectivity index (χ1) is 11.8. The summed E-state index contributed by atoms with van der Waals surface area (Å²) >= 11 is 0. The highest BCUT2D eigenvalue weighted by Crippen LogP contribution is 2.16. The highest BCUT2D eigenvalue weighted by molar-refractivity contribution is 5.86. The fourth-order valence-electron chi connectivity index (χ4n) is 3.40. The summed E-state index contributed by atoms with van der Waals surface area (Å²) in [6, 6.07) is 10.5. The number of carbonyl (C=O) groups excluding carboxylic acids is 1. The average Bonchev–Trinajstić information content (AvgIpc) is 2.67. The van der Waals surface area contributed by atoms with Gasteiger partial charge in [-0.3, -0.25) is 9.69 Å². The number of anilines is 1. The van der Waals surface area contributed by atoms with Crippen molar-refractivity contribution in [2.75, 3.05) is 37.6 Å². The molecule has 1 aliphatic heterocycles. The van der Waals surface area contributed by atoms with Crippen molar-refractivity contribution in [3.05, 3.63) is 30.3 Å². The zero-order valence-electron chi connectivity index (χ0n) is 14.4. The van der Waals surface area contributed by atoms with Crippen molar-refractivity contribution in [3.8, 4) is 0 Å². The molecule has 1 N–H and O–H groups in total. The predicted octanol–water partition coefficient (Wildman–Crippen LogP) is 2.64. The summed E-state index contributed by atoms with van der Waals surface area (Å²) in [5.74, 6) is 0.0403. The van der Waals surface area contributed by atoms with E-state index in [1.165, 1.54) is 24.9 Å². The number of para-hydroxylation sites is 1. The second-order valence-corrected chi connectivity index (χ2v) is 6.69. The van der Waals surface area contributed by atoms with Gasteiger partial charge in [0, 0.05) is 50.5 Å². The van der Waals surface area contributed by atoms with E-state index in [1.807, 2.05) is 0 Å². The Kier molecular flexibility index (Phi) is 6.24. The van der Waals surface area contributed by atoms with Crippen molar-refractivity contribution in [3.63, 3.8) is 0 Å². The third-order valence-corrected chi connectivity index (χ3v) is 4.92. The first kappa shape index (κ1) is 17.0. The third-order valence-electron chi connectivity index (χ3n) is 4.92. The van der Waals surface area contributed by atoms with Crippen LogP contribution in [-0.4, -0.2) is 49.2 Å². The third kappa shape index (κ3) is 5.06. The van der Waals surface area contributed by atoms with Crippen LogP contribution in [0, 0.1) is 0 Å². The molecule has 1 saturated carbocycles. The molecule has 1 aliphatic carbocycles.